The summed E-state index contributed by atoms with van der Waals surface area (Å²) in [5, 5.41) is 0.0615. The molecule has 0 N–H and O–H groups in total. The van der Waals surface area contributed by atoms with Crippen molar-refractivity contribution >= 4 is 46.0 Å². The van der Waals surface area contributed by atoms with Crippen molar-refractivity contribution < 1.29 is 13.9 Å². The number of fused-ring (bicyclic) bond motifs is 1. The van der Waals surface area contributed by atoms with E-state index in [0.717, 1.165) is 0 Å². The van der Waals surface area contributed by atoms with Crippen LogP contribution in [0, 0.1) is 5.82 Å². The molecule has 0 saturated carbocycles. The topological polar surface area (TPSA) is 71.5 Å². The summed E-state index contributed by atoms with van der Waals surface area (Å²) < 4.78 is 19.8. The van der Waals surface area contributed by atoms with Crippen LogP contribution < -0.4 is 4.90 Å². The Bertz CT molecular complexity index is 890. The zero-order chi connectivity index (χ0) is 19.9. The molecule has 146 valence electrons. The summed E-state index contributed by atoms with van der Waals surface area (Å²) in [5.74, 6) is -0.274. The molecule has 0 aromatic carbocycles. The van der Waals surface area contributed by atoms with Crippen LogP contribution in [0.4, 0.5) is 15.0 Å². The normalized spacial score (nSPS) is 18.1. The summed E-state index contributed by atoms with van der Waals surface area (Å²) in [6.45, 7) is 8.79. The van der Waals surface area contributed by atoms with Crippen molar-refractivity contribution in [2.45, 2.75) is 39.3 Å². The van der Waals surface area contributed by atoms with Crippen LogP contribution in [0.2, 0.25) is 10.4 Å². The molecule has 2 aromatic heterocycles. The van der Waals surface area contributed by atoms with Gasteiger partial charge in [-0.15, -0.1) is 0 Å². The highest BCUT2D eigenvalue weighted by Crippen LogP contribution is 2.30. The van der Waals surface area contributed by atoms with Gasteiger partial charge in [0, 0.05) is 31.9 Å². The highest BCUT2D eigenvalue weighted by molar-refractivity contribution is 6.30. The number of pyridine rings is 1. The number of anilines is 1. The van der Waals surface area contributed by atoms with E-state index < -0.39 is 11.4 Å². The molecule has 3 heterocycles. The van der Waals surface area contributed by atoms with Crippen molar-refractivity contribution in [2.75, 3.05) is 24.5 Å². The van der Waals surface area contributed by atoms with Crippen LogP contribution in [0.1, 0.15) is 27.7 Å². The molecule has 1 amide bonds. The van der Waals surface area contributed by atoms with Gasteiger partial charge in [-0.1, -0.05) is 11.6 Å². The molecule has 7 nitrogen and oxygen atoms in total. The van der Waals surface area contributed by atoms with Gasteiger partial charge >= 0.3 is 6.09 Å². The summed E-state index contributed by atoms with van der Waals surface area (Å²) >= 11 is 11.7. The molecule has 0 aliphatic carbocycles. The Labute approximate surface area is 166 Å². The standard InChI is InChI=1S/C17H20Cl2FN5O2/c1-9-8-24(5-6-25(9)16(26)27-17(2,3)4)14-10-7-21-13(18)11(20)12(10)22-15(19)23-14/h7,9H,5-6,8H2,1-4H3/t9-/m1/s1. The Morgan fingerprint density at radius 3 is 2.63 bits per heavy atom. The number of carbonyl (C=O) groups is 1. The van der Waals surface area contributed by atoms with Crippen molar-refractivity contribution in [1.82, 2.24) is 19.9 Å². The second kappa shape index (κ2) is 7.24. The van der Waals surface area contributed by atoms with Gasteiger partial charge in [-0.3, -0.25) is 0 Å². The van der Waals surface area contributed by atoms with Gasteiger partial charge in [-0.25, -0.2) is 19.2 Å². The van der Waals surface area contributed by atoms with Crippen molar-refractivity contribution in [3.8, 4) is 0 Å². The second-order valence-corrected chi connectivity index (χ2v) is 8.11. The molecule has 27 heavy (non-hydrogen) atoms. The lowest BCUT2D eigenvalue weighted by molar-refractivity contribution is 0.0159. The number of carbonyl (C=O) groups excluding carboxylic acids is 1. The SMILES string of the molecule is C[C@@H]1CN(c2nc(Cl)nc3c(F)c(Cl)ncc23)CCN1C(=O)OC(C)(C)C. The van der Waals surface area contributed by atoms with E-state index in [0.29, 0.717) is 30.8 Å². The Hall–Kier alpha value is -1.93. The number of rotatable bonds is 1. The first-order valence-corrected chi connectivity index (χ1v) is 9.24. The maximum atomic E-state index is 14.3. The fraction of sp³-hybridized carbons (Fsp3) is 0.529. The zero-order valence-electron chi connectivity index (χ0n) is 15.5. The first kappa shape index (κ1) is 19.8. The lowest BCUT2D eigenvalue weighted by atomic mass is 10.1. The van der Waals surface area contributed by atoms with Crippen LogP contribution in [0.3, 0.4) is 0 Å². The Kier molecular flexibility index (Phi) is 5.31. The molecular formula is C17H20Cl2FN5O2. The Morgan fingerprint density at radius 1 is 1.30 bits per heavy atom. The molecule has 1 aliphatic heterocycles. The van der Waals surface area contributed by atoms with Gasteiger partial charge in [0.15, 0.2) is 11.0 Å². The number of halogens is 3. The van der Waals surface area contributed by atoms with Crippen LogP contribution in [0.15, 0.2) is 6.20 Å². The average molecular weight is 416 g/mol. The van der Waals surface area contributed by atoms with Gasteiger partial charge in [0.1, 0.15) is 16.9 Å². The van der Waals surface area contributed by atoms with Gasteiger partial charge in [0.25, 0.3) is 0 Å². The maximum Gasteiger partial charge on any atom is 0.410 e. The van der Waals surface area contributed by atoms with E-state index in [9.17, 15) is 9.18 Å². The summed E-state index contributed by atoms with van der Waals surface area (Å²) in [5.41, 5.74) is -0.542. The molecule has 3 rings (SSSR count). The van der Waals surface area contributed by atoms with E-state index in [-0.39, 0.29) is 28.1 Å². The van der Waals surface area contributed by atoms with Crippen molar-refractivity contribution in [3.63, 3.8) is 0 Å². The summed E-state index contributed by atoms with van der Waals surface area (Å²) in [7, 11) is 0. The van der Waals surface area contributed by atoms with Crippen molar-refractivity contribution in [1.29, 1.82) is 0 Å². The van der Waals surface area contributed by atoms with Gasteiger partial charge in [-0.05, 0) is 39.3 Å². The highest BCUT2D eigenvalue weighted by atomic mass is 35.5. The second-order valence-electron chi connectivity index (χ2n) is 7.41. The van der Waals surface area contributed by atoms with Gasteiger partial charge in [0.2, 0.25) is 5.28 Å². The maximum absolute atomic E-state index is 14.3. The van der Waals surface area contributed by atoms with Crippen LogP contribution >= 0.6 is 23.2 Å². The minimum atomic E-state index is -0.736. The van der Waals surface area contributed by atoms with E-state index in [2.05, 4.69) is 15.0 Å². The van der Waals surface area contributed by atoms with E-state index in [1.54, 1.807) is 4.90 Å². The fourth-order valence-electron chi connectivity index (χ4n) is 2.98. The third-order valence-electron chi connectivity index (χ3n) is 4.15. The van der Waals surface area contributed by atoms with E-state index >= 15 is 0 Å². The van der Waals surface area contributed by atoms with E-state index in [1.165, 1.54) is 6.20 Å². The van der Waals surface area contributed by atoms with Crippen LogP contribution in [-0.4, -0.2) is 57.2 Å². The molecule has 2 aromatic rings. The quantitative estimate of drug-likeness (QED) is 0.519. The van der Waals surface area contributed by atoms with Crippen molar-refractivity contribution in [2.24, 2.45) is 0 Å². The predicted octanol–water partition coefficient (Wildman–Crippen LogP) is 3.92. The number of nitrogens with zero attached hydrogens (tertiary/aromatic N) is 5. The summed E-state index contributed by atoms with van der Waals surface area (Å²) in [6, 6.07) is -0.137. The molecule has 0 spiro atoms. The summed E-state index contributed by atoms with van der Waals surface area (Å²) in [4.78, 5) is 28.0. The Balaban J connectivity index is 1.88. The van der Waals surface area contributed by atoms with Gasteiger partial charge < -0.3 is 14.5 Å². The molecule has 1 atom stereocenters. The Morgan fingerprint density at radius 2 is 2.00 bits per heavy atom. The summed E-state index contributed by atoms with van der Waals surface area (Å²) in [6.07, 6.45) is 1.07. The predicted molar refractivity (Wildman–Crippen MR) is 102 cm³/mol. The first-order chi connectivity index (χ1) is 12.6. The zero-order valence-corrected chi connectivity index (χ0v) is 17.0. The van der Waals surface area contributed by atoms with E-state index in [4.69, 9.17) is 27.9 Å². The largest absolute Gasteiger partial charge is 0.444 e. The lowest BCUT2D eigenvalue weighted by Crippen LogP contribution is -2.55. The minimum Gasteiger partial charge on any atom is -0.444 e. The smallest absolute Gasteiger partial charge is 0.410 e. The number of amides is 1. The monoisotopic (exact) mass is 415 g/mol. The average Bonchev–Trinajstić information content (AvgIpc) is 2.56. The lowest BCUT2D eigenvalue weighted by Gasteiger charge is -2.40. The number of aromatic nitrogens is 3. The third kappa shape index (κ3) is 4.16. The molecule has 0 bridgehead atoms. The van der Waals surface area contributed by atoms with Crippen LogP contribution in [0.25, 0.3) is 10.9 Å². The van der Waals surface area contributed by atoms with Crippen molar-refractivity contribution in [3.05, 3.63) is 22.5 Å². The molecule has 1 fully saturated rings. The number of ether oxygens (including phenoxy) is 1. The van der Waals surface area contributed by atoms with E-state index in [1.807, 2.05) is 32.6 Å². The van der Waals surface area contributed by atoms with Crippen LogP contribution in [0.5, 0.6) is 0 Å². The van der Waals surface area contributed by atoms with Gasteiger partial charge in [-0.2, -0.15) is 4.98 Å². The number of piperazine rings is 1. The van der Waals surface area contributed by atoms with Gasteiger partial charge in [0.05, 0.1) is 5.39 Å². The molecule has 1 saturated heterocycles. The molecule has 0 unspecified atom stereocenters. The highest BCUT2D eigenvalue weighted by Gasteiger charge is 2.32. The molecule has 0 radical (unpaired) electrons. The fourth-order valence-corrected chi connectivity index (χ4v) is 3.28. The number of hydrogen-bond donors (Lipinski definition) is 0. The minimum absolute atomic E-state index is 0.0206. The number of hydrogen-bond acceptors (Lipinski definition) is 6. The molecular weight excluding hydrogens is 396 g/mol. The molecule has 1 aliphatic rings. The first-order valence-electron chi connectivity index (χ1n) is 8.48. The molecule has 10 heteroatoms. The third-order valence-corrected chi connectivity index (χ3v) is 4.58. The van der Waals surface area contributed by atoms with Crippen LogP contribution in [-0.2, 0) is 4.74 Å².